The van der Waals surface area contributed by atoms with Gasteiger partial charge in [-0.15, -0.1) is 0 Å². The Hall–Kier alpha value is -4.01. The Bertz CT molecular complexity index is 1130. The number of aliphatic hydroxyl groups is 1. The van der Waals surface area contributed by atoms with Crippen LogP contribution in [0.1, 0.15) is 5.82 Å². The highest BCUT2D eigenvalue weighted by Gasteiger charge is 2.45. The molecule has 0 fully saturated rings. The monoisotopic (exact) mass is 408 g/mol. The summed E-state index contributed by atoms with van der Waals surface area (Å²) in [4.78, 5) is 21.5. The number of para-hydroxylation sites is 2. The van der Waals surface area contributed by atoms with Crippen molar-refractivity contribution in [3.8, 4) is 11.5 Å². The summed E-state index contributed by atoms with van der Waals surface area (Å²) in [7, 11) is 4.23. The molecule has 9 heteroatoms. The van der Waals surface area contributed by atoms with E-state index in [9.17, 15) is 9.90 Å². The smallest absolute Gasteiger partial charge is 0.336 e. The molecular formula is C21H20N4O5. The summed E-state index contributed by atoms with van der Waals surface area (Å²) in [6.45, 7) is 0. The molecule has 0 amide bonds. The number of fused-ring (bicyclic) bond motifs is 1. The van der Waals surface area contributed by atoms with E-state index in [1.54, 1.807) is 18.2 Å². The lowest BCUT2D eigenvalue weighted by atomic mass is 10.2. The lowest BCUT2D eigenvalue weighted by Crippen LogP contribution is -2.41. The molecule has 30 heavy (non-hydrogen) atoms. The summed E-state index contributed by atoms with van der Waals surface area (Å²) in [5.74, 6) is 0.0648. The molecule has 3 N–H and O–H groups in total. The van der Waals surface area contributed by atoms with Crippen molar-refractivity contribution in [2.24, 2.45) is 0 Å². The van der Waals surface area contributed by atoms with Gasteiger partial charge in [0.15, 0.2) is 6.04 Å². The SMILES string of the molecule is COC(=O)C1C(O)=C(c2nc3ccccc3[nH]2)C(=N)N1c1cc(OC)cc(OC)c1. The molecule has 3 aromatic rings. The number of H-pyrrole nitrogens is 1. The van der Waals surface area contributed by atoms with Crippen molar-refractivity contribution < 1.29 is 24.1 Å². The second-order valence-electron chi connectivity index (χ2n) is 6.58. The second-order valence-corrected chi connectivity index (χ2v) is 6.58. The molecule has 2 aromatic carbocycles. The topological polar surface area (TPSA) is 121 Å². The summed E-state index contributed by atoms with van der Waals surface area (Å²) >= 11 is 0. The average molecular weight is 408 g/mol. The average Bonchev–Trinajstić information content (AvgIpc) is 3.30. The van der Waals surface area contributed by atoms with Crippen molar-refractivity contribution in [2.75, 3.05) is 26.2 Å². The molecule has 0 saturated heterocycles. The van der Waals surface area contributed by atoms with Crippen LogP contribution < -0.4 is 14.4 Å². The van der Waals surface area contributed by atoms with Gasteiger partial charge in [0.05, 0.1) is 43.6 Å². The van der Waals surface area contributed by atoms with Gasteiger partial charge in [-0.05, 0) is 12.1 Å². The van der Waals surface area contributed by atoms with Gasteiger partial charge in [0.25, 0.3) is 0 Å². The zero-order valence-corrected chi connectivity index (χ0v) is 16.6. The van der Waals surface area contributed by atoms with Crippen LogP contribution in [0.2, 0.25) is 0 Å². The molecule has 2 heterocycles. The Morgan fingerprint density at radius 1 is 1.13 bits per heavy atom. The number of imidazole rings is 1. The first-order chi connectivity index (χ1) is 14.5. The normalized spacial score (nSPS) is 16.3. The quantitative estimate of drug-likeness (QED) is 0.555. The fourth-order valence-corrected chi connectivity index (χ4v) is 3.47. The number of methoxy groups -OCH3 is 3. The number of carbonyl (C=O) groups is 1. The number of aliphatic hydroxyl groups excluding tert-OH is 1. The zero-order valence-electron chi connectivity index (χ0n) is 16.6. The number of rotatable bonds is 5. The van der Waals surface area contributed by atoms with Gasteiger partial charge in [-0.1, -0.05) is 12.1 Å². The van der Waals surface area contributed by atoms with E-state index in [1.807, 2.05) is 24.3 Å². The van der Waals surface area contributed by atoms with Crippen LogP contribution in [0.3, 0.4) is 0 Å². The van der Waals surface area contributed by atoms with Crippen LogP contribution in [0, 0.1) is 5.41 Å². The highest BCUT2D eigenvalue weighted by molar-refractivity contribution is 6.33. The molecule has 0 bridgehead atoms. The van der Waals surface area contributed by atoms with Gasteiger partial charge in [0.2, 0.25) is 0 Å². The van der Waals surface area contributed by atoms with Crippen LogP contribution in [0.5, 0.6) is 11.5 Å². The third kappa shape index (κ3) is 3.00. The molecule has 1 aromatic heterocycles. The predicted molar refractivity (Wildman–Crippen MR) is 111 cm³/mol. The van der Waals surface area contributed by atoms with Crippen molar-refractivity contribution in [1.29, 1.82) is 5.41 Å². The lowest BCUT2D eigenvalue weighted by molar-refractivity contribution is -0.141. The summed E-state index contributed by atoms with van der Waals surface area (Å²) in [6.07, 6.45) is 0. The minimum Gasteiger partial charge on any atom is -0.509 e. The lowest BCUT2D eigenvalue weighted by Gasteiger charge is -2.26. The Morgan fingerprint density at radius 3 is 2.40 bits per heavy atom. The van der Waals surface area contributed by atoms with E-state index in [2.05, 4.69) is 9.97 Å². The minimum absolute atomic E-state index is 0.114. The molecule has 0 radical (unpaired) electrons. The van der Waals surface area contributed by atoms with Crippen LogP contribution in [0.25, 0.3) is 16.6 Å². The van der Waals surface area contributed by atoms with E-state index in [1.165, 1.54) is 26.2 Å². The maximum Gasteiger partial charge on any atom is 0.336 e. The largest absolute Gasteiger partial charge is 0.509 e. The molecule has 0 spiro atoms. The number of amidine groups is 1. The Kier molecular flexibility index (Phi) is 4.78. The van der Waals surface area contributed by atoms with E-state index in [0.29, 0.717) is 22.7 Å². The second kappa shape index (κ2) is 7.43. The van der Waals surface area contributed by atoms with Gasteiger partial charge in [-0.25, -0.2) is 9.78 Å². The third-order valence-corrected chi connectivity index (χ3v) is 4.92. The van der Waals surface area contributed by atoms with Gasteiger partial charge in [-0.3, -0.25) is 5.41 Å². The number of hydrogen-bond donors (Lipinski definition) is 3. The minimum atomic E-state index is -1.25. The molecule has 0 aliphatic carbocycles. The van der Waals surface area contributed by atoms with Crippen LogP contribution in [-0.4, -0.2) is 54.3 Å². The van der Waals surface area contributed by atoms with Crippen LogP contribution in [0.4, 0.5) is 5.69 Å². The highest BCUT2D eigenvalue weighted by atomic mass is 16.5. The van der Waals surface area contributed by atoms with E-state index in [0.717, 1.165) is 5.52 Å². The van der Waals surface area contributed by atoms with Gasteiger partial charge in [0.1, 0.15) is 28.9 Å². The van der Waals surface area contributed by atoms with Gasteiger partial charge in [-0.2, -0.15) is 0 Å². The maximum absolute atomic E-state index is 12.6. The third-order valence-electron chi connectivity index (χ3n) is 4.92. The fraction of sp³-hybridized carbons (Fsp3) is 0.190. The number of benzene rings is 2. The molecule has 1 aliphatic heterocycles. The number of ether oxygens (including phenoxy) is 3. The summed E-state index contributed by atoms with van der Waals surface area (Å²) in [5, 5.41) is 19.7. The number of nitrogens with zero attached hydrogens (tertiary/aromatic N) is 2. The molecule has 4 rings (SSSR count). The van der Waals surface area contributed by atoms with Gasteiger partial charge in [0, 0.05) is 18.2 Å². The van der Waals surface area contributed by atoms with Crippen molar-refractivity contribution in [3.05, 3.63) is 54.0 Å². The van der Waals surface area contributed by atoms with Gasteiger partial charge >= 0.3 is 5.97 Å². The van der Waals surface area contributed by atoms with E-state index in [4.69, 9.17) is 19.6 Å². The molecule has 154 valence electrons. The van der Waals surface area contributed by atoms with E-state index < -0.39 is 12.0 Å². The zero-order chi connectivity index (χ0) is 21.4. The molecule has 1 unspecified atom stereocenters. The predicted octanol–water partition coefficient (Wildman–Crippen LogP) is 2.89. The molecular weight excluding hydrogens is 388 g/mol. The van der Waals surface area contributed by atoms with E-state index >= 15 is 0 Å². The van der Waals surface area contributed by atoms with Crippen LogP contribution in [-0.2, 0) is 9.53 Å². The summed E-state index contributed by atoms with van der Waals surface area (Å²) < 4.78 is 15.5. The first kappa shape index (κ1) is 19.3. The fourth-order valence-electron chi connectivity index (χ4n) is 3.47. The van der Waals surface area contributed by atoms with Crippen molar-refractivity contribution in [3.63, 3.8) is 0 Å². The Balaban J connectivity index is 1.87. The number of carbonyl (C=O) groups excluding carboxylic acids is 1. The first-order valence-electron chi connectivity index (χ1n) is 9.05. The maximum atomic E-state index is 12.6. The standard InChI is InChI=1S/C21H20N4O5/c1-28-12-8-11(9-13(10-12)29-2)25-17(21(27)30-3)18(26)16(19(25)22)20-23-14-6-4-5-7-15(14)24-20/h4-10,17,22,26H,1-3H3,(H,23,24). The molecule has 9 nitrogen and oxygen atoms in total. The van der Waals surface area contributed by atoms with E-state index in [-0.39, 0.29) is 23.0 Å². The number of nitrogens with one attached hydrogen (secondary N) is 2. The van der Waals surface area contributed by atoms with Crippen molar-refractivity contribution in [1.82, 2.24) is 9.97 Å². The molecule has 1 aliphatic rings. The first-order valence-corrected chi connectivity index (χ1v) is 9.05. The highest BCUT2D eigenvalue weighted by Crippen LogP contribution is 2.38. The van der Waals surface area contributed by atoms with Crippen molar-refractivity contribution >= 4 is 34.1 Å². The van der Waals surface area contributed by atoms with Crippen LogP contribution in [0.15, 0.2) is 48.2 Å². The number of aromatic nitrogens is 2. The van der Waals surface area contributed by atoms with Crippen molar-refractivity contribution in [2.45, 2.75) is 6.04 Å². The summed E-state index contributed by atoms with van der Waals surface area (Å²) in [5.41, 5.74) is 1.96. The number of aromatic amines is 1. The Labute approximate surface area is 172 Å². The molecule has 0 saturated carbocycles. The van der Waals surface area contributed by atoms with Gasteiger partial charge < -0.3 is 29.2 Å². The number of esters is 1. The van der Waals surface area contributed by atoms with Crippen LogP contribution >= 0.6 is 0 Å². The summed E-state index contributed by atoms with van der Waals surface area (Å²) in [6, 6.07) is 11.0. The number of anilines is 1. The molecule has 1 atom stereocenters. The Morgan fingerprint density at radius 2 is 1.80 bits per heavy atom. The number of hydrogen-bond acceptors (Lipinski definition) is 7.